The second-order valence-electron chi connectivity index (χ2n) is 3.51. The molecule has 0 fully saturated rings. The normalized spacial score (nSPS) is 10.3. The number of nitrogens with zero attached hydrogens (tertiary/aromatic N) is 2. The van der Waals surface area contributed by atoms with E-state index in [1.807, 2.05) is 6.26 Å². The first kappa shape index (κ1) is 14.1. The van der Waals surface area contributed by atoms with Crippen molar-refractivity contribution in [1.82, 2.24) is 9.97 Å². The molecule has 0 aliphatic heterocycles. The molecule has 0 atom stereocenters. The van der Waals surface area contributed by atoms with Crippen molar-refractivity contribution in [2.45, 2.75) is 5.16 Å². The molecule has 0 saturated carbocycles. The number of hydrogen-bond donors (Lipinski definition) is 1. The average Bonchev–Trinajstić information content (AvgIpc) is 2.42. The third-order valence-corrected chi connectivity index (χ3v) is 3.39. The smallest absolute Gasteiger partial charge is 0.225 e. The standard InChI is InChI=1S/C12H11BrFN3OS/c1-15-10-6-11(17-12(16-10)19-2)18-7-3-4-9(14)8(13)5-7/h3-6H,1-2H3,(H,15,16,17). The van der Waals surface area contributed by atoms with Crippen molar-refractivity contribution in [3.05, 3.63) is 34.6 Å². The molecule has 19 heavy (non-hydrogen) atoms. The molecule has 0 radical (unpaired) electrons. The number of aromatic nitrogens is 2. The Morgan fingerprint density at radius 3 is 2.74 bits per heavy atom. The predicted octanol–water partition coefficient (Wildman–Crippen LogP) is 3.93. The Balaban J connectivity index is 2.29. The maximum atomic E-state index is 13.1. The first-order chi connectivity index (χ1) is 9.12. The van der Waals surface area contributed by atoms with Crippen molar-refractivity contribution in [1.29, 1.82) is 0 Å². The molecule has 0 saturated heterocycles. The fourth-order valence-electron chi connectivity index (χ4n) is 1.34. The molecule has 4 nitrogen and oxygen atoms in total. The van der Waals surface area contributed by atoms with E-state index in [9.17, 15) is 4.39 Å². The lowest BCUT2D eigenvalue weighted by Gasteiger charge is -2.08. The molecule has 2 rings (SSSR count). The van der Waals surface area contributed by atoms with Crippen molar-refractivity contribution in [3.8, 4) is 11.6 Å². The summed E-state index contributed by atoms with van der Waals surface area (Å²) in [6, 6.07) is 6.10. The summed E-state index contributed by atoms with van der Waals surface area (Å²) in [7, 11) is 1.77. The number of thioether (sulfide) groups is 1. The maximum Gasteiger partial charge on any atom is 0.225 e. The quantitative estimate of drug-likeness (QED) is 0.673. The molecule has 1 aromatic carbocycles. The van der Waals surface area contributed by atoms with E-state index in [1.165, 1.54) is 17.8 Å². The summed E-state index contributed by atoms with van der Waals surface area (Å²) in [4.78, 5) is 8.46. The number of ether oxygens (including phenoxy) is 1. The average molecular weight is 344 g/mol. The van der Waals surface area contributed by atoms with Crippen LogP contribution in [0.15, 0.2) is 33.9 Å². The Morgan fingerprint density at radius 1 is 1.32 bits per heavy atom. The number of halogens is 2. The second kappa shape index (κ2) is 6.21. The van der Waals surface area contributed by atoms with Gasteiger partial charge in [-0.2, -0.15) is 4.98 Å². The van der Waals surface area contributed by atoms with Crippen LogP contribution >= 0.6 is 27.7 Å². The summed E-state index contributed by atoms with van der Waals surface area (Å²) in [5.74, 6) is 1.23. The molecule has 0 amide bonds. The highest BCUT2D eigenvalue weighted by molar-refractivity contribution is 9.10. The third-order valence-electron chi connectivity index (χ3n) is 2.23. The van der Waals surface area contributed by atoms with Gasteiger partial charge in [0.2, 0.25) is 5.88 Å². The van der Waals surface area contributed by atoms with Crippen LogP contribution in [0.4, 0.5) is 10.2 Å². The van der Waals surface area contributed by atoms with Gasteiger partial charge in [-0.1, -0.05) is 11.8 Å². The van der Waals surface area contributed by atoms with Crippen LogP contribution in [0.5, 0.6) is 11.6 Å². The van der Waals surface area contributed by atoms with Crippen LogP contribution in [0.3, 0.4) is 0 Å². The zero-order valence-corrected chi connectivity index (χ0v) is 12.7. The zero-order valence-electron chi connectivity index (χ0n) is 10.3. The third kappa shape index (κ3) is 3.57. The lowest BCUT2D eigenvalue weighted by Crippen LogP contribution is -1.98. The lowest BCUT2D eigenvalue weighted by atomic mass is 10.3. The van der Waals surface area contributed by atoms with E-state index in [0.29, 0.717) is 27.1 Å². The van der Waals surface area contributed by atoms with E-state index < -0.39 is 0 Å². The summed E-state index contributed by atoms with van der Waals surface area (Å²) < 4.78 is 19.1. The zero-order chi connectivity index (χ0) is 13.8. The number of rotatable bonds is 4. The number of anilines is 1. The topological polar surface area (TPSA) is 47.0 Å². The molecule has 0 aliphatic rings. The molecule has 0 aliphatic carbocycles. The highest BCUT2D eigenvalue weighted by atomic mass is 79.9. The summed E-state index contributed by atoms with van der Waals surface area (Å²) >= 11 is 4.53. The van der Waals surface area contributed by atoms with Gasteiger partial charge in [0.25, 0.3) is 0 Å². The summed E-state index contributed by atoms with van der Waals surface area (Å²) in [6.07, 6.45) is 1.88. The minimum absolute atomic E-state index is 0.337. The van der Waals surface area contributed by atoms with Crippen LogP contribution in [0.1, 0.15) is 0 Å². The van der Waals surface area contributed by atoms with Gasteiger partial charge < -0.3 is 10.1 Å². The molecule has 1 N–H and O–H groups in total. The van der Waals surface area contributed by atoms with Crippen LogP contribution in [-0.2, 0) is 0 Å². The molecule has 0 bridgehead atoms. The SMILES string of the molecule is CNc1cc(Oc2ccc(F)c(Br)c2)nc(SC)n1. The predicted molar refractivity (Wildman–Crippen MR) is 77.5 cm³/mol. The van der Waals surface area contributed by atoms with E-state index in [1.54, 1.807) is 25.2 Å². The van der Waals surface area contributed by atoms with Crippen LogP contribution in [0, 0.1) is 5.82 Å². The Bertz CT molecular complexity index is 575. The van der Waals surface area contributed by atoms with Crippen LogP contribution in [-0.4, -0.2) is 23.3 Å². The van der Waals surface area contributed by atoms with Crippen molar-refractivity contribution in [3.63, 3.8) is 0 Å². The van der Waals surface area contributed by atoms with Crippen molar-refractivity contribution in [2.75, 3.05) is 18.6 Å². The van der Waals surface area contributed by atoms with Gasteiger partial charge in [0.15, 0.2) is 5.16 Å². The molecule has 100 valence electrons. The number of benzene rings is 1. The van der Waals surface area contributed by atoms with Gasteiger partial charge in [-0.25, -0.2) is 9.37 Å². The summed E-state index contributed by atoms with van der Waals surface area (Å²) in [5, 5.41) is 3.53. The Kier molecular flexibility index (Phi) is 4.60. The highest BCUT2D eigenvalue weighted by Crippen LogP contribution is 2.27. The fraction of sp³-hybridized carbons (Fsp3) is 0.167. The molecule has 0 unspecified atom stereocenters. The van der Waals surface area contributed by atoms with E-state index in [2.05, 4.69) is 31.2 Å². The Labute approximate surface area is 122 Å². The maximum absolute atomic E-state index is 13.1. The molecular formula is C12H11BrFN3OS. The van der Waals surface area contributed by atoms with Crippen LogP contribution < -0.4 is 10.1 Å². The molecular weight excluding hydrogens is 333 g/mol. The van der Waals surface area contributed by atoms with Gasteiger partial charge in [0.1, 0.15) is 17.4 Å². The van der Waals surface area contributed by atoms with Crippen molar-refractivity contribution >= 4 is 33.5 Å². The number of nitrogens with one attached hydrogen (secondary N) is 1. The van der Waals surface area contributed by atoms with E-state index in [0.717, 1.165) is 0 Å². The van der Waals surface area contributed by atoms with Gasteiger partial charge in [-0.15, -0.1) is 0 Å². The minimum atomic E-state index is -0.337. The summed E-state index contributed by atoms with van der Waals surface area (Å²) in [6.45, 7) is 0. The van der Waals surface area contributed by atoms with E-state index >= 15 is 0 Å². The summed E-state index contributed by atoms with van der Waals surface area (Å²) in [5.41, 5.74) is 0. The minimum Gasteiger partial charge on any atom is -0.439 e. The largest absolute Gasteiger partial charge is 0.439 e. The van der Waals surface area contributed by atoms with Gasteiger partial charge in [0.05, 0.1) is 4.47 Å². The number of hydrogen-bond acceptors (Lipinski definition) is 5. The molecule has 2 aromatic rings. The molecule has 7 heteroatoms. The highest BCUT2D eigenvalue weighted by Gasteiger charge is 2.07. The first-order valence-corrected chi connectivity index (χ1v) is 7.38. The lowest BCUT2D eigenvalue weighted by molar-refractivity contribution is 0.454. The molecule has 1 heterocycles. The Hall–Kier alpha value is -1.34. The first-order valence-electron chi connectivity index (χ1n) is 5.36. The van der Waals surface area contributed by atoms with Gasteiger partial charge in [-0.3, -0.25) is 0 Å². The molecule has 1 aromatic heterocycles. The van der Waals surface area contributed by atoms with Crippen molar-refractivity contribution < 1.29 is 9.13 Å². The second-order valence-corrected chi connectivity index (χ2v) is 5.13. The molecule has 0 spiro atoms. The van der Waals surface area contributed by atoms with Gasteiger partial charge in [0, 0.05) is 13.1 Å². The van der Waals surface area contributed by atoms with Crippen molar-refractivity contribution in [2.24, 2.45) is 0 Å². The monoisotopic (exact) mass is 343 g/mol. The van der Waals surface area contributed by atoms with Gasteiger partial charge in [-0.05, 0) is 40.4 Å². The van der Waals surface area contributed by atoms with E-state index in [4.69, 9.17) is 4.74 Å². The van der Waals surface area contributed by atoms with Crippen LogP contribution in [0.25, 0.3) is 0 Å². The fourth-order valence-corrected chi connectivity index (χ4v) is 2.07. The Morgan fingerprint density at radius 2 is 2.11 bits per heavy atom. The van der Waals surface area contributed by atoms with Gasteiger partial charge >= 0.3 is 0 Å². The van der Waals surface area contributed by atoms with Crippen LogP contribution in [0.2, 0.25) is 0 Å². The van der Waals surface area contributed by atoms with E-state index in [-0.39, 0.29) is 5.82 Å².